The van der Waals surface area contributed by atoms with E-state index in [1.807, 2.05) is 6.20 Å². The predicted molar refractivity (Wildman–Crippen MR) is 106 cm³/mol. The number of aromatic amines is 1. The maximum Gasteiger partial charge on any atom is 0.490 e. The number of nitrogens with two attached hydrogens (primary N) is 1. The summed E-state index contributed by atoms with van der Waals surface area (Å²) in [5.74, 6) is -1.38. The lowest BCUT2D eigenvalue weighted by Gasteiger charge is -2.33. The first-order chi connectivity index (χ1) is 13.5. The van der Waals surface area contributed by atoms with Crippen molar-refractivity contribution in [1.82, 2.24) is 20.0 Å². The van der Waals surface area contributed by atoms with Gasteiger partial charge in [0.15, 0.2) is 0 Å². The third-order valence-corrected chi connectivity index (χ3v) is 5.07. The van der Waals surface area contributed by atoms with Crippen molar-refractivity contribution in [3.05, 3.63) is 17.5 Å². The Morgan fingerprint density at radius 2 is 1.93 bits per heavy atom. The number of likely N-dealkylation sites (tertiary alicyclic amines) is 1. The second kappa shape index (κ2) is 11.5. The highest BCUT2D eigenvalue weighted by atomic mass is 19.4. The van der Waals surface area contributed by atoms with E-state index in [0.717, 1.165) is 12.3 Å². The van der Waals surface area contributed by atoms with Crippen molar-refractivity contribution in [2.45, 2.75) is 51.2 Å². The number of carboxylic acid groups (broad SMARTS) is 1. The summed E-state index contributed by atoms with van der Waals surface area (Å²) in [6.07, 6.45) is 0.373. The van der Waals surface area contributed by atoms with Gasteiger partial charge in [0, 0.05) is 30.7 Å². The van der Waals surface area contributed by atoms with Crippen molar-refractivity contribution < 1.29 is 23.1 Å². The zero-order valence-electron chi connectivity index (χ0n) is 17.7. The van der Waals surface area contributed by atoms with Gasteiger partial charge in [-0.05, 0) is 57.9 Å². The van der Waals surface area contributed by atoms with Gasteiger partial charge in [-0.25, -0.2) is 4.79 Å². The highest BCUT2D eigenvalue weighted by Gasteiger charge is 2.38. The SMILES string of the molecule is CC(C)CN1CCC(c2[nH]ncc2CC(CN)N(C)C)CC1.O=C(O)C(F)(F)F. The first-order valence-corrected chi connectivity index (χ1v) is 9.86. The zero-order valence-corrected chi connectivity index (χ0v) is 17.7. The number of hydrogen-bond acceptors (Lipinski definition) is 5. The molecule has 7 nitrogen and oxygen atoms in total. The van der Waals surface area contributed by atoms with E-state index in [1.165, 1.54) is 43.7 Å². The van der Waals surface area contributed by atoms with E-state index >= 15 is 0 Å². The van der Waals surface area contributed by atoms with E-state index in [-0.39, 0.29) is 0 Å². The van der Waals surface area contributed by atoms with Crippen LogP contribution in [0.2, 0.25) is 0 Å². The van der Waals surface area contributed by atoms with Gasteiger partial charge in [0.05, 0.1) is 6.20 Å². The van der Waals surface area contributed by atoms with Crippen LogP contribution < -0.4 is 5.73 Å². The molecule has 0 amide bonds. The normalized spacial score (nSPS) is 17.3. The first-order valence-electron chi connectivity index (χ1n) is 9.86. The summed E-state index contributed by atoms with van der Waals surface area (Å²) in [5, 5.41) is 14.7. The summed E-state index contributed by atoms with van der Waals surface area (Å²) < 4.78 is 31.7. The number of aliphatic carboxylic acids is 1. The van der Waals surface area contributed by atoms with Crippen LogP contribution in [0.4, 0.5) is 13.2 Å². The number of rotatable bonds is 7. The summed E-state index contributed by atoms with van der Waals surface area (Å²) >= 11 is 0. The molecular weight excluding hydrogens is 387 g/mol. The molecular formula is C19H34F3N5O2. The van der Waals surface area contributed by atoms with Gasteiger partial charge in [-0.3, -0.25) is 5.10 Å². The molecule has 1 saturated heterocycles. The number of likely N-dealkylation sites (N-methyl/N-ethyl adjacent to an activating group) is 1. The Balaban J connectivity index is 0.000000516. The molecule has 0 aliphatic carbocycles. The minimum Gasteiger partial charge on any atom is -0.475 e. The molecule has 1 aromatic heterocycles. The zero-order chi connectivity index (χ0) is 22.2. The summed E-state index contributed by atoms with van der Waals surface area (Å²) in [4.78, 5) is 13.7. The van der Waals surface area contributed by atoms with E-state index in [2.05, 4.69) is 47.9 Å². The van der Waals surface area contributed by atoms with Crippen LogP contribution in [0.5, 0.6) is 0 Å². The number of halogens is 3. The van der Waals surface area contributed by atoms with Crippen molar-refractivity contribution in [2.24, 2.45) is 11.7 Å². The average molecular weight is 422 g/mol. The predicted octanol–water partition coefficient (Wildman–Crippen LogP) is 2.31. The second-order valence-corrected chi connectivity index (χ2v) is 8.14. The van der Waals surface area contributed by atoms with Crippen molar-refractivity contribution in [2.75, 3.05) is 40.3 Å². The number of hydrogen-bond donors (Lipinski definition) is 3. The number of piperidine rings is 1. The molecule has 1 aliphatic heterocycles. The lowest BCUT2D eigenvalue weighted by molar-refractivity contribution is -0.192. The number of aromatic nitrogens is 2. The lowest BCUT2D eigenvalue weighted by atomic mass is 9.89. The number of nitrogens with one attached hydrogen (secondary N) is 1. The molecule has 0 aromatic carbocycles. The van der Waals surface area contributed by atoms with Crippen LogP contribution in [0.15, 0.2) is 6.20 Å². The van der Waals surface area contributed by atoms with Gasteiger partial charge in [0.1, 0.15) is 0 Å². The number of carbonyl (C=O) groups is 1. The van der Waals surface area contributed by atoms with Gasteiger partial charge < -0.3 is 20.6 Å². The van der Waals surface area contributed by atoms with E-state index in [1.54, 1.807) is 0 Å². The number of alkyl halides is 3. The molecule has 2 rings (SSSR count). The minimum absolute atomic E-state index is 0.386. The van der Waals surface area contributed by atoms with Crippen LogP contribution in [0, 0.1) is 5.92 Å². The highest BCUT2D eigenvalue weighted by Crippen LogP contribution is 2.29. The number of nitrogens with zero attached hydrogens (tertiary/aromatic N) is 3. The Morgan fingerprint density at radius 1 is 1.38 bits per heavy atom. The van der Waals surface area contributed by atoms with Crippen LogP contribution >= 0.6 is 0 Å². The van der Waals surface area contributed by atoms with Gasteiger partial charge in [-0.15, -0.1) is 0 Å². The average Bonchev–Trinajstić information content (AvgIpc) is 3.07. The van der Waals surface area contributed by atoms with Gasteiger partial charge >= 0.3 is 12.1 Å². The highest BCUT2D eigenvalue weighted by molar-refractivity contribution is 5.73. The van der Waals surface area contributed by atoms with Gasteiger partial charge in [-0.1, -0.05) is 13.8 Å². The Labute approximate surface area is 170 Å². The molecule has 1 unspecified atom stereocenters. The molecule has 10 heteroatoms. The summed E-state index contributed by atoms with van der Waals surface area (Å²) in [5.41, 5.74) is 8.61. The molecule has 4 N–H and O–H groups in total. The third-order valence-electron chi connectivity index (χ3n) is 5.07. The monoisotopic (exact) mass is 421 g/mol. The molecule has 1 atom stereocenters. The lowest BCUT2D eigenvalue weighted by Crippen LogP contribution is -2.37. The first kappa shape index (κ1) is 25.4. The van der Waals surface area contributed by atoms with Crippen molar-refractivity contribution >= 4 is 5.97 Å². The Bertz CT molecular complexity index is 611. The van der Waals surface area contributed by atoms with E-state index in [4.69, 9.17) is 15.6 Å². The Morgan fingerprint density at radius 3 is 2.34 bits per heavy atom. The van der Waals surface area contributed by atoms with E-state index < -0.39 is 12.1 Å². The van der Waals surface area contributed by atoms with Crippen molar-refractivity contribution in [1.29, 1.82) is 0 Å². The molecule has 29 heavy (non-hydrogen) atoms. The maximum atomic E-state index is 10.6. The second-order valence-electron chi connectivity index (χ2n) is 8.14. The fourth-order valence-corrected chi connectivity index (χ4v) is 3.49. The van der Waals surface area contributed by atoms with Crippen molar-refractivity contribution in [3.63, 3.8) is 0 Å². The molecule has 168 valence electrons. The van der Waals surface area contributed by atoms with Crippen molar-refractivity contribution in [3.8, 4) is 0 Å². The topological polar surface area (TPSA) is 98.5 Å². The molecule has 0 spiro atoms. The molecule has 1 fully saturated rings. The van der Waals surface area contributed by atoms with Gasteiger partial charge in [-0.2, -0.15) is 18.3 Å². The van der Waals surface area contributed by atoms with Crippen LogP contribution in [0.25, 0.3) is 0 Å². The Hall–Kier alpha value is -1.65. The number of H-pyrrole nitrogens is 1. The third kappa shape index (κ3) is 8.71. The Kier molecular flexibility index (Phi) is 10.1. The molecule has 2 heterocycles. The van der Waals surface area contributed by atoms with Gasteiger partial charge in [0.2, 0.25) is 0 Å². The molecule has 0 radical (unpaired) electrons. The quantitative estimate of drug-likeness (QED) is 0.625. The standard InChI is InChI=1S/C17H33N5.C2HF3O2/c1-13(2)12-22-7-5-14(6-8-22)17-15(11-19-20-17)9-16(10-18)21(3)4;3-2(4,5)1(6)7/h11,13-14,16H,5-10,12,18H2,1-4H3,(H,19,20);(H,6,7). The maximum absolute atomic E-state index is 10.6. The molecule has 0 saturated carbocycles. The fraction of sp³-hybridized carbons (Fsp3) is 0.789. The summed E-state index contributed by atoms with van der Waals surface area (Å²) in [6.45, 7) is 8.91. The van der Waals surface area contributed by atoms with Crippen LogP contribution in [-0.2, 0) is 11.2 Å². The largest absolute Gasteiger partial charge is 0.490 e. The molecule has 1 aromatic rings. The van der Waals surface area contributed by atoms with Crippen LogP contribution in [0.3, 0.4) is 0 Å². The minimum atomic E-state index is -5.08. The number of carboxylic acids is 1. The molecule has 0 bridgehead atoms. The summed E-state index contributed by atoms with van der Waals surface area (Å²) in [7, 11) is 4.20. The van der Waals surface area contributed by atoms with Gasteiger partial charge in [0.25, 0.3) is 0 Å². The van der Waals surface area contributed by atoms with Crippen LogP contribution in [-0.4, -0.2) is 83.6 Å². The van der Waals surface area contributed by atoms with E-state index in [9.17, 15) is 13.2 Å². The smallest absolute Gasteiger partial charge is 0.475 e. The fourth-order valence-electron chi connectivity index (χ4n) is 3.49. The summed E-state index contributed by atoms with van der Waals surface area (Å²) in [6, 6.07) is 0.386. The van der Waals surface area contributed by atoms with Crippen LogP contribution in [0.1, 0.15) is 43.9 Å². The molecule has 1 aliphatic rings. The van der Waals surface area contributed by atoms with E-state index in [0.29, 0.717) is 18.5 Å².